The molecule has 4 heteroatoms. The zero-order valence-corrected chi connectivity index (χ0v) is 10.5. The number of primary amides is 1. The van der Waals surface area contributed by atoms with E-state index in [4.69, 9.17) is 5.73 Å². The van der Waals surface area contributed by atoms with E-state index in [-0.39, 0.29) is 11.9 Å². The van der Waals surface area contributed by atoms with Crippen LogP contribution in [0.15, 0.2) is 6.07 Å². The first-order valence-electron chi connectivity index (χ1n) is 5.55. The predicted octanol–water partition coefficient (Wildman–Crippen LogP) is 0.995. The molecule has 0 aromatic carbocycles. The van der Waals surface area contributed by atoms with Gasteiger partial charge in [-0.15, -0.1) is 0 Å². The van der Waals surface area contributed by atoms with Gasteiger partial charge >= 0.3 is 0 Å². The zero-order valence-electron chi connectivity index (χ0n) is 10.5. The molecule has 1 heterocycles. The van der Waals surface area contributed by atoms with Gasteiger partial charge in [0.1, 0.15) is 0 Å². The molecule has 0 saturated heterocycles. The quantitative estimate of drug-likeness (QED) is 0.782. The van der Waals surface area contributed by atoms with Crippen LogP contribution < -0.4 is 11.1 Å². The van der Waals surface area contributed by atoms with Gasteiger partial charge in [-0.05, 0) is 32.4 Å². The monoisotopic (exact) mass is 223 g/mol. The van der Waals surface area contributed by atoms with Crippen LogP contribution in [0.1, 0.15) is 30.3 Å². The lowest BCUT2D eigenvalue weighted by Gasteiger charge is -2.11. The van der Waals surface area contributed by atoms with Gasteiger partial charge in [0, 0.05) is 37.4 Å². The fraction of sp³-hybridized carbons (Fsp3) is 0.583. The van der Waals surface area contributed by atoms with Crippen molar-refractivity contribution in [2.24, 2.45) is 12.8 Å². The van der Waals surface area contributed by atoms with Crippen molar-refractivity contribution in [3.8, 4) is 0 Å². The summed E-state index contributed by atoms with van der Waals surface area (Å²) in [4.78, 5) is 10.7. The van der Waals surface area contributed by atoms with E-state index in [0.29, 0.717) is 6.42 Å². The van der Waals surface area contributed by atoms with Crippen LogP contribution in [0.4, 0.5) is 0 Å². The molecule has 1 aromatic rings. The van der Waals surface area contributed by atoms with Crippen LogP contribution in [0, 0.1) is 13.8 Å². The second-order valence-electron chi connectivity index (χ2n) is 4.41. The maximum absolute atomic E-state index is 10.7. The Morgan fingerprint density at radius 1 is 1.56 bits per heavy atom. The molecule has 3 N–H and O–H groups in total. The van der Waals surface area contributed by atoms with E-state index in [1.807, 2.05) is 6.92 Å². The molecule has 4 nitrogen and oxygen atoms in total. The van der Waals surface area contributed by atoms with E-state index in [1.54, 1.807) is 0 Å². The third-order valence-electron chi connectivity index (χ3n) is 3.03. The van der Waals surface area contributed by atoms with Crippen LogP contribution in [0.5, 0.6) is 0 Å². The van der Waals surface area contributed by atoms with Crippen molar-refractivity contribution >= 4 is 5.91 Å². The van der Waals surface area contributed by atoms with E-state index in [9.17, 15) is 4.79 Å². The van der Waals surface area contributed by atoms with E-state index < -0.39 is 0 Å². The number of nitrogens with one attached hydrogen (secondary N) is 1. The lowest BCUT2D eigenvalue weighted by Crippen LogP contribution is -2.30. The summed E-state index contributed by atoms with van der Waals surface area (Å²) < 4.78 is 2.16. The van der Waals surface area contributed by atoms with Gasteiger partial charge in [-0.3, -0.25) is 4.79 Å². The minimum Gasteiger partial charge on any atom is -0.370 e. The van der Waals surface area contributed by atoms with Crippen molar-refractivity contribution in [3.05, 3.63) is 23.0 Å². The van der Waals surface area contributed by atoms with Crippen molar-refractivity contribution in [1.29, 1.82) is 0 Å². The van der Waals surface area contributed by atoms with Gasteiger partial charge in [-0.25, -0.2) is 0 Å². The molecule has 1 rings (SSSR count). The molecule has 1 amide bonds. The van der Waals surface area contributed by atoms with E-state index in [2.05, 4.69) is 36.8 Å². The molecule has 90 valence electrons. The van der Waals surface area contributed by atoms with Crippen molar-refractivity contribution in [1.82, 2.24) is 9.88 Å². The summed E-state index contributed by atoms with van der Waals surface area (Å²) in [6.07, 6.45) is 0.380. The fourth-order valence-corrected chi connectivity index (χ4v) is 1.77. The van der Waals surface area contributed by atoms with Crippen LogP contribution in [-0.4, -0.2) is 16.5 Å². The number of carbonyl (C=O) groups is 1. The van der Waals surface area contributed by atoms with Gasteiger partial charge in [-0.2, -0.15) is 0 Å². The van der Waals surface area contributed by atoms with Gasteiger partial charge in [0.05, 0.1) is 0 Å². The molecule has 1 aromatic heterocycles. The van der Waals surface area contributed by atoms with Crippen molar-refractivity contribution in [2.45, 2.75) is 39.8 Å². The largest absolute Gasteiger partial charge is 0.370 e. The summed E-state index contributed by atoms with van der Waals surface area (Å²) in [5.74, 6) is -0.263. The van der Waals surface area contributed by atoms with Gasteiger partial charge in [0.2, 0.25) is 5.91 Å². The standard InChI is InChI=1S/C12H21N3O/c1-8(5-12(13)16)14-7-11-6-9(2)15(4)10(11)3/h6,8,14H,5,7H2,1-4H3,(H2,13,16). The Hall–Kier alpha value is -1.29. The Morgan fingerprint density at radius 3 is 2.62 bits per heavy atom. The SMILES string of the molecule is Cc1cc(CNC(C)CC(N)=O)c(C)n1C. The van der Waals surface area contributed by atoms with Gasteiger partial charge in [0.15, 0.2) is 0 Å². The van der Waals surface area contributed by atoms with Crippen molar-refractivity contribution in [2.75, 3.05) is 0 Å². The molecule has 0 aliphatic carbocycles. The lowest BCUT2D eigenvalue weighted by atomic mass is 10.2. The Labute approximate surface area is 96.8 Å². The minimum absolute atomic E-state index is 0.123. The molecule has 0 radical (unpaired) electrons. The molecule has 0 fully saturated rings. The number of aryl methyl sites for hydroxylation is 1. The molecular weight excluding hydrogens is 202 g/mol. The number of aromatic nitrogens is 1. The van der Waals surface area contributed by atoms with E-state index >= 15 is 0 Å². The highest BCUT2D eigenvalue weighted by Gasteiger charge is 2.09. The second-order valence-corrected chi connectivity index (χ2v) is 4.41. The van der Waals surface area contributed by atoms with Crippen molar-refractivity contribution < 1.29 is 4.79 Å². The molecule has 0 aliphatic heterocycles. The average molecular weight is 223 g/mol. The van der Waals surface area contributed by atoms with Crippen LogP contribution >= 0.6 is 0 Å². The predicted molar refractivity (Wildman–Crippen MR) is 65.0 cm³/mol. The molecular formula is C12H21N3O. The lowest BCUT2D eigenvalue weighted by molar-refractivity contribution is -0.118. The highest BCUT2D eigenvalue weighted by atomic mass is 16.1. The first-order chi connectivity index (χ1) is 7.41. The Morgan fingerprint density at radius 2 is 2.19 bits per heavy atom. The molecule has 1 atom stereocenters. The molecule has 0 bridgehead atoms. The van der Waals surface area contributed by atoms with Crippen LogP contribution in [0.3, 0.4) is 0 Å². The topological polar surface area (TPSA) is 60.0 Å². The normalized spacial score (nSPS) is 12.8. The summed E-state index contributed by atoms with van der Waals surface area (Å²) in [6.45, 7) is 6.93. The van der Waals surface area contributed by atoms with E-state index in [0.717, 1.165) is 6.54 Å². The van der Waals surface area contributed by atoms with Crippen LogP contribution in [-0.2, 0) is 18.4 Å². The third kappa shape index (κ3) is 3.10. The molecule has 0 aliphatic rings. The Balaban J connectivity index is 2.54. The molecule has 16 heavy (non-hydrogen) atoms. The van der Waals surface area contributed by atoms with Gasteiger partial charge in [-0.1, -0.05) is 0 Å². The van der Waals surface area contributed by atoms with Crippen molar-refractivity contribution in [3.63, 3.8) is 0 Å². The van der Waals surface area contributed by atoms with Gasteiger partial charge in [0.25, 0.3) is 0 Å². The zero-order chi connectivity index (χ0) is 12.3. The summed E-state index contributed by atoms with van der Waals surface area (Å²) >= 11 is 0. The molecule has 0 saturated carbocycles. The second kappa shape index (κ2) is 5.16. The Bertz CT molecular complexity index is 382. The van der Waals surface area contributed by atoms with E-state index in [1.165, 1.54) is 17.0 Å². The fourth-order valence-electron chi connectivity index (χ4n) is 1.77. The first-order valence-corrected chi connectivity index (χ1v) is 5.55. The Kier molecular flexibility index (Phi) is 4.12. The van der Waals surface area contributed by atoms with Crippen LogP contribution in [0.25, 0.3) is 0 Å². The number of rotatable bonds is 5. The third-order valence-corrected chi connectivity index (χ3v) is 3.03. The van der Waals surface area contributed by atoms with Gasteiger partial charge < -0.3 is 15.6 Å². The molecule has 0 spiro atoms. The summed E-state index contributed by atoms with van der Waals surface area (Å²) in [5.41, 5.74) is 8.92. The summed E-state index contributed by atoms with van der Waals surface area (Å²) in [5, 5.41) is 3.30. The number of nitrogens with zero attached hydrogens (tertiary/aromatic N) is 1. The number of hydrogen-bond acceptors (Lipinski definition) is 2. The maximum Gasteiger partial charge on any atom is 0.218 e. The summed E-state index contributed by atoms with van der Waals surface area (Å²) in [7, 11) is 2.06. The molecule has 1 unspecified atom stereocenters. The number of hydrogen-bond donors (Lipinski definition) is 2. The highest BCUT2D eigenvalue weighted by molar-refractivity contribution is 5.74. The number of amides is 1. The minimum atomic E-state index is -0.263. The smallest absolute Gasteiger partial charge is 0.218 e. The first kappa shape index (κ1) is 12.8. The maximum atomic E-state index is 10.7. The average Bonchev–Trinajstić information content (AvgIpc) is 2.42. The number of nitrogens with two attached hydrogens (primary N) is 1. The highest BCUT2D eigenvalue weighted by Crippen LogP contribution is 2.13. The number of carbonyl (C=O) groups excluding carboxylic acids is 1. The van der Waals surface area contributed by atoms with Crippen LogP contribution in [0.2, 0.25) is 0 Å². The summed E-state index contributed by atoms with van der Waals surface area (Å²) in [6, 6.07) is 2.29.